The summed E-state index contributed by atoms with van der Waals surface area (Å²) in [6.07, 6.45) is 7.28. The lowest BCUT2D eigenvalue weighted by molar-refractivity contribution is 0.359. The van der Waals surface area contributed by atoms with Crippen molar-refractivity contribution in [1.29, 1.82) is 5.26 Å². The Morgan fingerprint density at radius 3 is 2.38 bits per heavy atom. The van der Waals surface area contributed by atoms with Gasteiger partial charge < -0.3 is 4.74 Å². The van der Waals surface area contributed by atoms with Crippen LogP contribution in [0, 0.1) is 23.0 Å². The van der Waals surface area contributed by atoms with E-state index in [0.717, 1.165) is 22.9 Å². The lowest BCUT2D eigenvalue weighted by Crippen LogP contribution is -2.00. The Morgan fingerprint density at radius 1 is 0.912 bits per heavy atom. The van der Waals surface area contributed by atoms with Crippen molar-refractivity contribution in [2.75, 3.05) is 6.61 Å². The van der Waals surface area contributed by atoms with Crippen LogP contribution in [0.4, 0.5) is 8.78 Å². The normalized spacial score (nSPS) is 10.7. The van der Waals surface area contributed by atoms with Crippen molar-refractivity contribution >= 4 is 10.8 Å². The number of ether oxygens (including phenoxy) is 1. The summed E-state index contributed by atoms with van der Waals surface area (Å²) in [7, 11) is 0. The smallest absolute Gasteiger partial charge is 0.156 e. The molecule has 0 amide bonds. The summed E-state index contributed by atoms with van der Waals surface area (Å²) < 4.78 is 34.3. The van der Waals surface area contributed by atoms with E-state index < -0.39 is 5.82 Å². The van der Waals surface area contributed by atoms with Crippen molar-refractivity contribution in [3.05, 3.63) is 113 Å². The van der Waals surface area contributed by atoms with Gasteiger partial charge in [-0.15, -0.1) is 0 Å². The Balaban J connectivity index is 1.41. The molecule has 0 aliphatic heterocycles. The molecule has 0 N–H and O–H groups in total. The average Bonchev–Trinajstić information content (AvgIpc) is 2.86. The Hall–Kier alpha value is -4.11. The van der Waals surface area contributed by atoms with Crippen LogP contribution in [-0.4, -0.2) is 16.6 Å². The van der Waals surface area contributed by atoms with Crippen LogP contribution >= 0.6 is 0 Å². The van der Waals surface area contributed by atoms with E-state index in [-0.39, 0.29) is 11.4 Å². The molecule has 4 nitrogen and oxygen atoms in total. The minimum Gasteiger partial charge on any atom is -0.486 e. The highest BCUT2D eigenvalue weighted by atomic mass is 19.1. The molecule has 4 rings (SSSR count). The minimum absolute atomic E-state index is 0.0116. The summed E-state index contributed by atoms with van der Waals surface area (Å²) in [5.41, 5.74) is 2.40. The Kier molecular flexibility index (Phi) is 7.24. The van der Waals surface area contributed by atoms with Crippen LogP contribution in [0.15, 0.2) is 73.6 Å². The number of fused-ring (bicyclic) bond motifs is 1. The van der Waals surface area contributed by atoms with Gasteiger partial charge >= 0.3 is 0 Å². The first kappa shape index (κ1) is 23.1. The average molecular weight is 456 g/mol. The molecule has 3 aromatic carbocycles. The predicted molar refractivity (Wildman–Crippen MR) is 128 cm³/mol. The van der Waals surface area contributed by atoms with Gasteiger partial charge in [0.25, 0.3) is 0 Å². The maximum absolute atomic E-state index is 15.1. The molecule has 6 heteroatoms. The summed E-state index contributed by atoms with van der Waals surface area (Å²) in [5, 5.41) is 10.2. The summed E-state index contributed by atoms with van der Waals surface area (Å²) in [5.74, 6) is 0.516. The van der Waals surface area contributed by atoms with Crippen LogP contribution in [0.1, 0.15) is 28.1 Å². The molecule has 0 saturated heterocycles. The molecule has 1 aromatic heterocycles. The predicted octanol–water partition coefficient (Wildman–Crippen LogP) is 5.91. The zero-order valence-electron chi connectivity index (χ0n) is 18.6. The molecule has 1 heterocycles. The number of hydrogen-bond acceptors (Lipinski definition) is 4. The summed E-state index contributed by atoms with van der Waals surface area (Å²) >= 11 is 0. The van der Waals surface area contributed by atoms with Crippen molar-refractivity contribution in [1.82, 2.24) is 9.97 Å². The second kappa shape index (κ2) is 10.7. The first-order chi connectivity index (χ1) is 16.6. The maximum Gasteiger partial charge on any atom is 0.156 e. The number of rotatable bonds is 9. The van der Waals surface area contributed by atoms with Gasteiger partial charge in [0.2, 0.25) is 0 Å². The molecule has 0 aliphatic carbocycles. The zero-order valence-corrected chi connectivity index (χ0v) is 18.6. The summed E-state index contributed by atoms with van der Waals surface area (Å²) in [4.78, 5) is 8.65. The fourth-order valence-electron chi connectivity index (χ4n) is 3.78. The molecule has 0 fully saturated rings. The van der Waals surface area contributed by atoms with Gasteiger partial charge in [0.05, 0.1) is 18.0 Å². The van der Waals surface area contributed by atoms with Crippen LogP contribution in [-0.2, 0) is 25.7 Å². The Bertz CT molecular complexity index is 1360. The number of aromatic nitrogens is 2. The van der Waals surface area contributed by atoms with Crippen molar-refractivity contribution in [2.24, 2.45) is 0 Å². The van der Waals surface area contributed by atoms with E-state index in [1.165, 1.54) is 12.1 Å². The number of halogens is 2. The van der Waals surface area contributed by atoms with Crippen molar-refractivity contribution in [3.63, 3.8) is 0 Å². The molecule has 0 atom stereocenters. The van der Waals surface area contributed by atoms with Gasteiger partial charge in [0.1, 0.15) is 30.1 Å². The third-order valence-corrected chi connectivity index (χ3v) is 5.62. The van der Waals surface area contributed by atoms with Gasteiger partial charge in [-0.3, -0.25) is 0 Å². The fraction of sp³-hybridized carbons (Fsp3) is 0.179. The molecule has 0 saturated carbocycles. The number of benzene rings is 3. The molecule has 34 heavy (non-hydrogen) atoms. The topological polar surface area (TPSA) is 58.8 Å². The minimum atomic E-state index is -0.547. The van der Waals surface area contributed by atoms with Crippen LogP contribution in [0.2, 0.25) is 0 Å². The van der Waals surface area contributed by atoms with E-state index in [0.29, 0.717) is 48.4 Å². The molecular weight excluding hydrogens is 432 g/mol. The highest BCUT2D eigenvalue weighted by Crippen LogP contribution is 2.24. The van der Waals surface area contributed by atoms with Crippen LogP contribution in [0.5, 0.6) is 5.75 Å². The highest BCUT2D eigenvalue weighted by Gasteiger charge is 2.10. The molecule has 0 unspecified atom stereocenters. The number of nitriles is 1. The van der Waals surface area contributed by atoms with E-state index in [1.54, 1.807) is 36.7 Å². The molecular formula is C28H23F2N3O. The maximum atomic E-state index is 15.1. The molecule has 4 aromatic rings. The van der Waals surface area contributed by atoms with Gasteiger partial charge in [0.15, 0.2) is 5.75 Å². The second-order valence-electron chi connectivity index (χ2n) is 7.95. The van der Waals surface area contributed by atoms with Gasteiger partial charge in [-0.2, -0.15) is 5.26 Å². The fourth-order valence-corrected chi connectivity index (χ4v) is 3.78. The zero-order chi connectivity index (χ0) is 23.9. The Morgan fingerprint density at radius 2 is 1.65 bits per heavy atom. The Labute approximate surface area is 197 Å². The third kappa shape index (κ3) is 5.44. The van der Waals surface area contributed by atoms with Crippen LogP contribution in [0.3, 0.4) is 0 Å². The van der Waals surface area contributed by atoms with Crippen molar-refractivity contribution in [3.8, 4) is 11.8 Å². The lowest BCUT2D eigenvalue weighted by atomic mass is 9.98. The van der Waals surface area contributed by atoms with E-state index in [9.17, 15) is 4.39 Å². The van der Waals surface area contributed by atoms with Gasteiger partial charge in [-0.1, -0.05) is 49.1 Å². The number of nitrogens with zero attached hydrogens (tertiary/aromatic N) is 3. The summed E-state index contributed by atoms with van der Waals surface area (Å²) in [6, 6.07) is 15.7. The third-order valence-electron chi connectivity index (χ3n) is 5.62. The molecule has 0 aliphatic rings. The largest absolute Gasteiger partial charge is 0.486 e. The first-order valence-corrected chi connectivity index (χ1v) is 11.0. The van der Waals surface area contributed by atoms with Crippen molar-refractivity contribution in [2.45, 2.75) is 25.7 Å². The van der Waals surface area contributed by atoms with Gasteiger partial charge in [-0.05, 0) is 53.5 Å². The monoisotopic (exact) mass is 455 g/mol. The van der Waals surface area contributed by atoms with E-state index in [1.807, 2.05) is 24.3 Å². The number of hydrogen-bond donors (Lipinski definition) is 0. The van der Waals surface area contributed by atoms with E-state index in [4.69, 9.17) is 10.00 Å². The highest BCUT2D eigenvalue weighted by molar-refractivity contribution is 5.84. The van der Waals surface area contributed by atoms with Crippen LogP contribution < -0.4 is 4.74 Å². The SMILES string of the molecule is C=CCOc1cnc(CCc2ccc3c(F)c(CCc4ccc(C#N)c(F)c4)ccc3c2)nc1. The van der Waals surface area contributed by atoms with E-state index in [2.05, 4.69) is 16.5 Å². The van der Waals surface area contributed by atoms with Crippen LogP contribution in [0.25, 0.3) is 10.8 Å². The lowest BCUT2D eigenvalue weighted by Gasteiger charge is -2.09. The molecule has 0 bridgehead atoms. The van der Waals surface area contributed by atoms with Crippen molar-refractivity contribution < 1.29 is 13.5 Å². The quantitative estimate of drug-likeness (QED) is 0.294. The number of aryl methyl sites for hydroxylation is 4. The molecule has 0 radical (unpaired) electrons. The summed E-state index contributed by atoms with van der Waals surface area (Å²) in [6.45, 7) is 4.02. The standard InChI is InChI=1S/C28H23F2N3O/c1-2-13-34-24-17-32-27(33-18-24)12-6-19-5-11-25-22(14-19)10-9-21(28(25)30)7-3-20-4-8-23(16-31)26(29)15-20/h2,4-5,8-11,14-15,17-18H,1,3,6-7,12-13H2. The van der Waals surface area contributed by atoms with E-state index >= 15 is 4.39 Å². The first-order valence-electron chi connectivity index (χ1n) is 11.0. The molecule has 0 spiro atoms. The van der Waals surface area contributed by atoms with Gasteiger partial charge in [-0.25, -0.2) is 18.7 Å². The second-order valence-corrected chi connectivity index (χ2v) is 7.95. The van der Waals surface area contributed by atoms with Gasteiger partial charge in [0, 0.05) is 11.8 Å². The molecule has 170 valence electrons.